The molecular formula is C13H18N2O2. The average molecular weight is 234 g/mol. The zero-order valence-corrected chi connectivity index (χ0v) is 10.3. The fourth-order valence-electron chi connectivity index (χ4n) is 1.97. The van der Waals surface area contributed by atoms with Crippen molar-refractivity contribution in [1.82, 2.24) is 9.88 Å². The summed E-state index contributed by atoms with van der Waals surface area (Å²) in [4.78, 5) is 18.1. The van der Waals surface area contributed by atoms with Crippen molar-refractivity contribution in [2.75, 3.05) is 7.11 Å². The first kappa shape index (κ1) is 12.0. The Hall–Kier alpha value is -1.42. The summed E-state index contributed by atoms with van der Waals surface area (Å²) in [5.41, 5.74) is 0.996. The molecule has 0 aliphatic heterocycles. The van der Waals surface area contributed by atoms with Crippen LogP contribution in [0, 0.1) is 0 Å². The Morgan fingerprint density at radius 2 is 2.35 bits per heavy atom. The van der Waals surface area contributed by atoms with Crippen LogP contribution in [0.1, 0.15) is 25.5 Å². The minimum atomic E-state index is -0.200. The van der Waals surface area contributed by atoms with E-state index in [9.17, 15) is 4.79 Å². The second-order valence-electron chi connectivity index (χ2n) is 4.42. The number of rotatable bonds is 5. The smallest absolute Gasteiger partial charge is 0.322 e. The molecule has 1 aromatic rings. The van der Waals surface area contributed by atoms with Crippen molar-refractivity contribution in [3.63, 3.8) is 0 Å². The summed E-state index contributed by atoms with van der Waals surface area (Å²) in [6.07, 6.45) is 4.10. The van der Waals surface area contributed by atoms with Crippen LogP contribution in [-0.4, -0.2) is 35.0 Å². The Balaban J connectivity index is 2.05. The van der Waals surface area contributed by atoms with Crippen LogP contribution in [0.5, 0.6) is 0 Å². The second kappa shape index (κ2) is 5.27. The van der Waals surface area contributed by atoms with Crippen molar-refractivity contribution in [3.8, 4) is 0 Å². The molecule has 0 amide bonds. The molecule has 0 spiro atoms. The zero-order valence-electron chi connectivity index (χ0n) is 10.3. The third-order valence-electron chi connectivity index (χ3n) is 3.13. The maximum atomic E-state index is 11.6. The van der Waals surface area contributed by atoms with Crippen molar-refractivity contribution in [3.05, 3.63) is 30.1 Å². The van der Waals surface area contributed by atoms with Gasteiger partial charge in [-0.3, -0.25) is 14.7 Å². The highest BCUT2D eigenvalue weighted by Crippen LogP contribution is 2.30. The molecule has 1 atom stereocenters. The summed E-state index contributed by atoms with van der Waals surface area (Å²) >= 11 is 0. The second-order valence-corrected chi connectivity index (χ2v) is 4.42. The lowest BCUT2D eigenvalue weighted by atomic mass is 10.2. The molecule has 0 radical (unpaired) electrons. The van der Waals surface area contributed by atoms with Gasteiger partial charge in [0, 0.05) is 18.8 Å². The number of carbonyl (C=O) groups excluding carboxylic acids is 1. The van der Waals surface area contributed by atoms with Crippen LogP contribution in [-0.2, 0) is 16.1 Å². The predicted molar refractivity (Wildman–Crippen MR) is 64.3 cm³/mol. The van der Waals surface area contributed by atoms with Gasteiger partial charge in [0.25, 0.3) is 0 Å². The highest BCUT2D eigenvalue weighted by Gasteiger charge is 2.35. The number of pyridine rings is 1. The maximum Gasteiger partial charge on any atom is 0.322 e. The number of hydrogen-bond donors (Lipinski definition) is 0. The molecule has 1 saturated carbocycles. The van der Waals surface area contributed by atoms with Crippen LogP contribution < -0.4 is 0 Å². The van der Waals surface area contributed by atoms with Gasteiger partial charge < -0.3 is 4.74 Å². The van der Waals surface area contributed by atoms with Gasteiger partial charge in [-0.1, -0.05) is 6.07 Å². The van der Waals surface area contributed by atoms with E-state index >= 15 is 0 Å². The van der Waals surface area contributed by atoms with Gasteiger partial charge in [0.2, 0.25) is 0 Å². The standard InChI is InChI=1S/C13H18N2O2/c1-10(13(16)17-2)15(12-6-7-12)9-11-5-3-4-8-14-11/h3-5,8,10,12H,6-7,9H2,1-2H3. The van der Waals surface area contributed by atoms with Gasteiger partial charge in [-0.15, -0.1) is 0 Å². The molecule has 1 aliphatic rings. The Labute approximate surface area is 102 Å². The van der Waals surface area contributed by atoms with Crippen LogP contribution in [0.15, 0.2) is 24.4 Å². The van der Waals surface area contributed by atoms with Gasteiger partial charge in [-0.25, -0.2) is 0 Å². The van der Waals surface area contributed by atoms with E-state index in [1.165, 1.54) is 7.11 Å². The van der Waals surface area contributed by atoms with Crippen molar-refractivity contribution >= 4 is 5.97 Å². The Kier molecular flexibility index (Phi) is 3.74. The molecule has 0 saturated heterocycles. The molecule has 17 heavy (non-hydrogen) atoms. The lowest BCUT2D eigenvalue weighted by molar-refractivity contribution is -0.146. The van der Waals surface area contributed by atoms with Crippen LogP contribution in [0.4, 0.5) is 0 Å². The number of methoxy groups -OCH3 is 1. The normalized spacial score (nSPS) is 16.9. The quantitative estimate of drug-likeness (QED) is 0.726. The Morgan fingerprint density at radius 1 is 1.59 bits per heavy atom. The number of hydrogen-bond acceptors (Lipinski definition) is 4. The Morgan fingerprint density at radius 3 is 2.88 bits per heavy atom. The fourth-order valence-corrected chi connectivity index (χ4v) is 1.97. The molecule has 1 heterocycles. The summed E-state index contributed by atoms with van der Waals surface area (Å²) in [7, 11) is 1.44. The number of esters is 1. The van der Waals surface area contributed by atoms with E-state index in [4.69, 9.17) is 4.74 Å². The summed E-state index contributed by atoms with van der Waals surface area (Å²) in [5.74, 6) is -0.173. The van der Waals surface area contributed by atoms with Crippen molar-refractivity contribution in [1.29, 1.82) is 0 Å². The summed E-state index contributed by atoms with van der Waals surface area (Å²) in [6, 6.07) is 6.16. The molecule has 2 rings (SSSR count). The predicted octanol–water partition coefficient (Wildman–Crippen LogP) is 1.61. The van der Waals surface area contributed by atoms with Crippen molar-refractivity contribution in [2.24, 2.45) is 0 Å². The zero-order chi connectivity index (χ0) is 12.3. The first-order valence-electron chi connectivity index (χ1n) is 5.96. The minimum Gasteiger partial charge on any atom is -0.468 e. The number of ether oxygens (including phenoxy) is 1. The molecule has 1 aromatic heterocycles. The third-order valence-corrected chi connectivity index (χ3v) is 3.13. The van der Waals surface area contributed by atoms with E-state index in [2.05, 4.69) is 9.88 Å². The van der Waals surface area contributed by atoms with Gasteiger partial charge in [0.15, 0.2) is 0 Å². The van der Waals surface area contributed by atoms with Crippen LogP contribution in [0.2, 0.25) is 0 Å². The van der Waals surface area contributed by atoms with Crippen molar-refractivity contribution in [2.45, 2.75) is 38.4 Å². The van der Waals surface area contributed by atoms with Crippen LogP contribution >= 0.6 is 0 Å². The van der Waals surface area contributed by atoms with E-state index in [1.807, 2.05) is 25.1 Å². The molecule has 0 aromatic carbocycles. The number of aromatic nitrogens is 1. The minimum absolute atomic E-state index is 0.173. The summed E-state index contributed by atoms with van der Waals surface area (Å²) < 4.78 is 4.81. The van der Waals surface area contributed by atoms with Crippen LogP contribution in [0.3, 0.4) is 0 Å². The number of nitrogens with zero attached hydrogens (tertiary/aromatic N) is 2. The largest absolute Gasteiger partial charge is 0.468 e. The van der Waals surface area contributed by atoms with Gasteiger partial charge >= 0.3 is 5.97 Å². The fraction of sp³-hybridized carbons (Fsp3) is 0.538. The topological polar surface area (TPSA) is 42.4 Å². The maximum absolute atomic E-state index is 11.6. The SMILES string of the molecule is COC(=O)C(C)N(Cc1ccccn1)C1CC1. The molecule has 4 heteroatoms. The highest BCUT2D eigenvalue weighted by atomic mass is 16.5. The number of carbonyl (C=O) groups is 1. The first-order chi connectivity index (χ1) is 8.22. The van der Waals surface area contributed by atoms with Crippen LogP contribution in [0.25, 0.3) is 0 Å². The van der Waals surface area contributed by atoms with Gasteiger partial charge in [-0.2, -0.15) is 0 Å². The highest BCUT2D eigenvalue weighted by molar-refractivity contribution is 5.75. The van der Waals surface area contributed by atoms with E-state index in [0.717, 1.165) is 18.5 Å². The molecule has 1 aliphatic carbocycles. The molecule has 1 fully saturated rings. The molecule has 0 N–H and O–H groups in total. The van der Waals surface area contributed by atoms with Gasteiger partial charge in [0.05, 0.1) is 12.8 Å². The van der Waals surface area contributed by atoms with E-state index < -0.39 is 0 Å². The first-order valence-corrected chi connectivity index (χ1v) is 5.96. The van der Waals surface area contributed by atoms with E-state index in [0.29, 0.717) is 12.6 Å². The average Bonchev–Trinajstić information content (AvgIpc) is 3.19. The molecular weight excluding hydrogens is 216 g/mol. The van der Waals surface area contributed by atoms with Crippen molar-refractivity contribution < 1.29 is 9.53 Å². The van der Waals surface area contributed by atoms with E-state index in [1.54, 1.807) is 6.20 Å². The molecule has 4 nitrogen and oxygen atoms in total. The Bertz CT molecular complexity index is 376. The monoisotopic (exact) mass is 234 g/mol. The van der Waals surface area contributed by atoms with E-state index in [-0.39, 0.29) is 12.0 Å². The molecule has 0 bridgehead atoms. The summed E-state index contributed by atoms with van der Waals surface area (Å²) in [5, 5.41) is 0. The lowest BCUT2D eigenvalue weighted by Crippen LogP contribution is -2.40. The van der Waals surface area contributed by atoms with Gasteiger partial charge in [0.1, 0.15) is 6.04 Å². The van der Waals surface area contributed by atoms with Gasteiger partial charge in [-0.05, 0) is 31.9 Å². The summed E-state index contributed by atoms with van der Waals surface area (Å²) in [6.45, 7) is 2.61. The lowest BCUT2D eigenvalue weighted by Gasteiger charge is -2.26. The molecule has 92 valence electrons. The molecule has 1 unspecified atom stereocenters. The third kappa shape index (κ3) is 3.03.